The van der Waals surface area contributed by atoms with Gasteiger partial charge in [-0.3, -0.25) is 29.3 Å². The van der Waals surface area contributed by atoms with Crippen LogP contribution in [0.4, 0.5) is 5.69 Å². The predicted molar refractivity (Wildman–Crippen MR) is 172 cm³/mol. The monoisotopic (exact) mass is 643 g/mol. The topological polar surface area (TPSA) is 172 Å². The summed E-state index contributed by atoms with van der Waals surface area (Å²) < 4.78 is 7.16. The minimum Gasteiger partial charge on any atom is -0.451 e. The number of rotatable bonds is 11. The molecule has 12 nitrogen and oxygen atoms in total. The van der Waals surface area contributed by atoms with Gasteiger partial charge in [0.05, 0.1) is 6.54 Å². The van der Waals surface area contributed by atoms with Gasteiger partial charge in [-0.2, -0.15) is 0 Å². The number of carbonyl (C=O) groups excluding carboxylic acids is 4. The lowest BCUT2D eigenvalue weighted by Gasteiger charge is -2.55. The van der Waals surface area contributed by atoms with E-state index in [9.17, 15) is 29.1 Å². The van der Waals surface area contributed by atoms with E-state index >= 15 is 0 Å². The van der Waals surface area contributed by atoms with Crippen LogP contribution >= 0.6 is 0 Å². The molecule has 8 rings (SSSR count). The number of pyridine rings is 1. The van der Waals surface area contributed by atoms with Crippen LogP contribution in [0.3, 0.4) is 0 Å². The van der Waals surface area contributed by atoms with E-state index in [0.29, 0.717) is 23.0 Å². The Morgan fingerprint density at radius 3 is 2.40 bits per heavy atom. The van der Waals surface area contributed by atoms with Crippen LogP contribution in [0, 0.1) is 36.5 Å². The average molecular weight is 644 g/mol. The third kappa shape index (κ3) is 5.78. The number of nitrogens with one attached hydrogen (secondary N) is 4. The number of amides is 3. The van der Waals surface area contributed by atoms with Gasteiger partial charge in [-0.1, -0.05) is 18.2 Å². The highest BCUT2D eigenvalue weighted by Gasteiger charge is 2.62. The van der Waals surface area contributed by atoms with Crippen molar-refractivity contribution < 1.29 is 28.7 Å². The van der Waals surface area contributed by atoms with Crippen LogP contribution in [0.15, 0.2) is 51.8 Å². The van der Waals surface area contributed by atoms with E-state index in [-0.39, 0.29) is 36.9 Å². The van der Waals surface area contributed by atoms with Crippen LogP contribution in [0.25, 0.3) is 11.0 Å². The second kappa shape index (κ2) is 12.1. The molecule has 5 aliphatic rings. The fraction of sp³-hybridized carbons (Fsp3) is 0.514. The number of aliphatic hydroxyl groups excluding tert-OH is 1. The van der Waals surface area contributed by atoms with E-state index in [1.807, 2.05) is 12.1 Å². The molecule has 5 saturated carbocycles. The fourth-order valence-corrected chi connectivity index (χ4v) is 8.84. The summed E-state index contributed by atoms with van der Waals surface area (Å²) in [6.07, 6.45) is 6.56. The van der Waals surface area contributed by atoms with Gasteiger partial charge in [-0.05, 0) is 87.3 Å². The van der Waals surface area contributed by atoms with Crippen molar-refractivity contribution in [3.8, 4) is 0 Å². The second-order valence-corrected chi connectivity index (χ2v) is 14.1. The maximum absolute atomic E-state index is 13.9. The number of para-hydroxylation sites is 1. The maximum Gasteiger partial charge on any atom is 0.288 e. The molecule has 0 spiro atoms. The molecule has 4 bridgehead atoms. The third-order valence-corrected chi connectivity index (χ3v) is 11.1. The first-order chi connectivity index (χ1) is 22.6. The molecule has 3 amide bonds. The number of nitrogens with zero attached hydrogens (tertiary/aromatic N) is 1. The zero-order chi connectivity index (χ0) is 33.0. The number of fused-ring (bicyclic) bond motifs is 1. The highest BCUT2D eigenvalue weighted by Crippen LogP contribution is 2.53. The van der Waals surface area contributed by atoms with Gasteiger partial charge >= 0.3 is 0 Å². The minimum absolute atomic E-state index is 0.00179. The van der Waals surface area contributed by atoms with Gasteiger partial charge in [0.25, 0.3) is 23.3 Å². The quantitative estimate of drug-likeness (QED) is 0.157. The number of hydrogen-bond acceptors (Lipinski definition) is 8. The lowest BCUT2D eigenvalue weighted by molar-refractivity contribution is -0.137. The zero-order valence-electron chi connectivity index (χ0n) is 26.6. The fourth-order valence-electron chi connectivity index (χ4n) is 8.84. The molecule has 3 atom stereocenters. The molecule has 5 N–H and O–H groups in total. The Hall–Kier alpha value is -4.29. The van der Waals surface area contributed by atoms with Crippen LogP contribution < -0.4 is 26.8 Å². The molecule has 248 valence electrons. The Bertz CT molecular complexity index is 1780. The second-order valence-electron chi connectivity index (χ2n) is 14.1. The molecule has 2 aromatic heterocycles. The lowest BCUT2D eigenvalue weighted by Crippen LogP contribution is -2.57. The van der Waals surface area contributed by atoms with E-state index in [1.54, 1.807) is 31.3 Å². The van der Waals surface area contributed by atoms with Crippen LogP contribution in [0.1, 0.15) is 61.1 Å². The van der Waals surface area contributed by atoms with Gasteiger partial charge in [-0.15, -0.1) is 0 Å². The Morgan fingerprint density at radius 1 is 1.02 bits per heavy atom. The molecule has 3 aromatic rings. The Labute approximate surface area is 271 Å². The molecule has 0 aliphatic heterocycles. The van der Waals surface area contributed by atoms with Gasteiger partial charge in [0.1, 0.15) is 23.0 Å². The largest absolute Gasteiger partial charge is 0.451 e. The van der Waals surface area contributed by atoms with E-state index in [2.05, 4.69) is 21.3 Å². The van der Waals surface area contributed by atoms with E-state index in [1.165, 1.54) is 49.8 Å². The summed E-state index contributed by atoms with van der Waals surface area (Å²) in [5.74, 6) is -0.771. The number of aromatic nitrogens is 1. The summed E-state index contributed by atoms with van der Waals surface area (Å²) in [5.41, 5.74) is -0.990. The van der Waals surface area contributed by atoms with Gasteiger partial charge in [-0.25, -0.2) is 0 Å². The summed E-state index contributed by atoms with van der Waals surface area (Å²) in [5, 5.41) is 22.9. The summed E-state index contributed by atoms with van der Waals surface area (Å²) in [4.78, 5) is 65.3. The van der Waals surface area contributed by atoms with Crippen molar-refractivity contribution in [1.29, 1.82) is 0 Å². The maximum atomic E-state index is 13.9. The SMILES string of the molecule is CNC(=O)C(=O)CC1CC1(NC(=O)c1oc2ccccc2c1C)C(=O)Nc1cccn(CC(O)NC2C3CC4CC(C3)CC2C4)c1=O. The van der Waals surface area contributed by atoms with Crippen molar-refractivity contribution in [3.63, 3.8) is 0 Å². The van der Waals surface area contributed by atoms with E-state index < -0.39 is 46.7 Å². The molecule has 2 heterocycles. The Kier molecular flexibility index (Phi) is 8.04. The lowest BCUT2D eigenvalue weighted by atomic mass is 9.54. The first-order valence-corrected chi connectivity index (χ1v) is 16.6. The van der Waals surface area contributed by atoms with Crippen LogP contribution in [0.5, 0.6) is 0 Å². The summed E-state index contributed by atoms with van der Waals surface area (Å²) >= 11 is 0. The number of aliphatic hydroxyl groups is 1. The Morgan fingerprint density at radius 2 is 1.72 bits per heavy atom. The van der Waals surface area contributed by atoms with Crippen molar-refractivity contribution in [2.24, 2.45) is 29.6 Å². The number of likely N-dealkylation sites (N-methyl/N-ethyl adjacent to an activating group) is 1. The molecule has 5 fully saturated rings. The number of aryl methyl sites for hydroxylation is 1. The van der Waals surface area contributed by atoms with Gasteiger partial charge in [0.15, 0.2) is 5.76 Å². The van der Waals surface area contributed by atoms with Crippen molar-refractivity contribution in [1.82, 2.24) is 20.5 Å². The summed E-state index contributed by atoms with van der Waals surface area (Å²) in [6, 6.07) is 10.5. The molecule has 47 heavy (non-hydrogen) atoms. The van der Waals surface area contributed by atoms with Crippen LogP contribution in [-0.2, 0) is 20.9 Å². The smallest absolute Gasteiger partial charge is 0.288 e. The number of benzene rings is 1. The number of Topliss-reactive ketones (excluding diaryl/α,β-unsaturated/α-hetero) is 1. The standard InChI is InChI=1S/C35H41N5O7/c1-18-24-6-3-4-8-27(24)47-30(18)32(44)39-35(16-23(35)15-26(41)31(43)36-2)34(46)37-25-7-5-9-40(33(25)45)17-28(42)38-29-21-11-19-10-20(13-21)14-22(29)12-19/h3-9,19-23,28-29,38,42H,10-17H2,1-2H3,(H,36,43)(H,37,46)(H,39,44). The molecular formula is C35H41N5O7. The first-order valence-electron chi connectivity index (χ1n) is 16.6. The van der Waals surface area contributed by atoms with Crippen molar-refractivity contribution >= 4 is 40.2 Å². The molecule has 0 saturated heterocycles. The molecule has 12 heteroatoms. The predicted octanol–water partition coefficient (Wildman–Crippen LogP) is 2.47. The molecule has 5 aliphatic carbocycles. The number of anilines is 1. The number of carbonyl (C=O) groups is 4. The van der Waals surface area contributed by atoms with Crippen LogP contribution in [0.2, 0.25) is 0 Å². The molecule has 0 radical (unpaired) electrons. The van der Waals surface area contributed by atoms with E-state index in [0.717, 1.165) is 17.2 Å². The van der Waals surface area contributed by atoms with Gasteiger partial charge in [0.2, 0.25) is 5.78 Å². The molecular weight excluding hydrogens is 602 g/mol. The minimum atomic E-state index is -1.56. The molecule has 1 aromatic carbocycles. The number of furan rings is 1. The van der Waals surface area contributed by atoms with Crippen LogP contribution in [-0.4, -0.2) is 58.0 Å². The van der Waals surface area contributed by atoms with Crippen molar-refractivity contribution in [2.75, 3.05) is 12.4 Å². The highest BCUT2D eigenvalue weighted by molar-refractivity contribution is 6.36. The average Bonchev–Trinajstić information content (AvgIpc) is 3.63. The third-order valence-electron chi connectivity index (χ3n) is 11.1. The number of ketones is 1. The van der Waals surface area contributed by atoms with Gasteiger partial charge in [0, 0.05) is 42.6 Å². The molecule has 3 unspecified atom stereocenters. The summed E-state index contributed by atoms with van der Waals surface area (Å²) in [7, 11) is 1.34. The first kappa shape index (κ1) is 31.3. The Balaban J connectivity index is 1.07. The highest BCUT2D eigenvalue weighted by atomic mass is 16.3. The zero-order valence-corrected chi connectivity index (χ0v) is 26.6. The normalized spacial score (nSPS) is 29.3. The van der Waals surface area contributed by atoms with E-state index in [4.69, 9.17) is 4.42 Å². The van der Waals surface area contributed by atoms with Crippen molar-refractivity contribution in [2.45, 2.75) is 76.2 Å². The van der Waals surface area contributed by atoms with Crippen molar-refractivity contribution in [3.05, 3.63) is 64.3 Å². The van der Waals surface area contributed by atoms with Gasteiger partial charge < -0.3 is 30.0 Å². The summed E-state index contributed by atoms with van der Waals surface area (Å²) in [6.45, 7) is 1.74. The number of hydrogen-bond donors (Lipinski definition) is 5.